The van der Waals surface area contributed by atoms with Crippen molar-refractivity contribution in [1.82, 2.24) is 5.32 Å². The number of rotatable bonds is 2. The molecule has 1 rings (SSSR count). The fourth-order valence-electron chi connectivity index (χ4n) is 0.989. The molecule has 1 atom stereocenters. The predicted octanol–water partition coefficient (Wildman–Crippen LogP) is 1.80. The van der Waals surface area contributed by atoms with Gasteiger partial charge in [0.15, 0.2) is 0 Å². The summed E-state index contributed by atoms with van der Waals surface area (Å²) in [6.07, 6.45) is 6.34. The van der Waals surface area contributed by atoms with Gasteiger partial charge in [0.25, 0.3) is 0 Å². The molecule has 62 valence electrons. The molecule has 2 heteroatoms. The largest absolute Gasteiger partial charge is 0.363 e. The Morgan fingerprint density at radius 1 is 1.55 bits per heavy atom. The van der Waals surface area contributed by atoms with Crippen LogP contribution in [0.4, 0.5) is 0 Å². The van der Waals surface area contributed by atoms with Gasteiger partial charge < -0.3 is 10.1 Å². The number of hydrogen-bond acceptors (Lipinski definition) is 2. The van der Waals surface area contributed by atoms with Crippen LogP contribution in [0, 0.1) is 0 Å². The summed E-state index contributed by atoms with van der Waals surface area (Å²) in [7, 11) is 0. The van der Waals surface area contributed by atoms with Crippen LogP contribution in [0.5, 0.6) is 0 Å². The molecule has 0 radical (unpaired) electrons. The zero-order chi connectivity index (χ0) is 8.27. The van der Waals surface area contributed by atoms with Crippen molar-refractivity contribution in [2.45, 2.75) is 33.1 Å². The van der Waals surface area contributed by atoms with E-state index in [-0.39, 0.29) is 12.3 Å². The van der Waals surface area contributed by atoms with Gasteiger partial charge in [-0.1, -0.05) is 0 Å². The van der Waals surface area contributed by atoms with Crippen molar-refractivity contribution >= 4 is 0 Å². The molecular weight excluding hydrogens is 138 g/mol. The molecule has 0 bridgehead atoms. The average Bonchev–Trinajstić information content (AvgIpc) is 1.85. The highest BCUT2D eigenvalue weighted by molar-refractivity contribution is 5.20. The summed E-state index contributed by atoms with van der Waals surface area (Å²) in [6.45, 7) is 6.13. The van der Waals surface area contributed by atoms with E-state index >= 15 is 0 Å². The highest BCUT2D eigenvalue weighted by atomic mass is 16.5. The van der Waals surface area contributed by atoms with Gasteiger partial charge in [-0.2, -0.15) is 0 Å². The van der Waals surface area contributed by atoms with Crippen LogP contribution in [-0.2, 0) is 4.74 Å². The van der Waals surface area contributed by atoms with Crippen LogP contribution in [0.2, 0.25) is 0 Å². The average molecular weight is 153 g/mol. The van der Waals surface area contributed by atoms with Crippen LogP contribution >= 0.6 is 0 Å². The molecule has 0 saturated heterocycles. The van der Waals surface area contributed by atoms with Gasteiger partial charge in [0.05, 0.1) is 6.10 Å². The van der Waals surface area contributed by atoms with E-state index < -0.39 is 0 Å². The van der Waals surface area contributed by atoms with E-state index in [0.717, 1.165) is 0 Å². The van der Waals surface area contributed by atoms with Crippen LogP contribution < -0.4 is 5.32 Å². The lowest BCUT2D eigenvalue weighted by atomic mass is 10.2. The molecule has 1 aliphatic rings. The lowest BCUT2D eigenvalue weighted by Gasteiger charge is -2.20. The monoisotopic (exact) mass is 153 g/mol. The van der Waals surface area contributed by atoms with Crippen LogP contribution in [0.15, 0.2) is 23.9 Å². The lowest BCUT2D eigenvalue weighted by Crippen LogP contribution is -2.30. The number of allylic oxidation sites excluding steroid dienone is 2. The molecule has 1 unspecified atom stereocenters. The van der Waals surface area contributed by atoms with Crippen molar-refractivity contribution in [3.8, 4) is 0 Å². The molecule has 11 heavy (non-hydrogen) atoms. The summed E-state index contributed by atoms with van der Waals surface area (Å²) in [5.41, 5.74) is 1.24. The first kappa shape index (κ1) is 8.34. The summed E-state index contributed by atoms with van der Waals surface area (Å²) in [4.78, 5) is 0. The number of nitrogens with one attached hydrogen (secondary N) is 1. The van der Waals surface area contributed by atoms with Gasteiger partial charge in [-0.3, -0.25) is 0 Å². The standard InChI is InChI=1S/C9H15NO/c1-7(2)11-9-6-8(3)4-5-10-9/h4-7,9-10H,1-3H3. The Labute approximate surface area is 67.9 Å². The van der Waals surface area contributed by atoms with Gasteiger partial charge in [-0.15, -0.1) is 0 Å². The first-order chi connectivity index (χ1) is 5.18. The molecule has 1 aliphatic heterocycles. The Morgan fingerprint density at radius 3 is 2.82 bits per heavy atom. The minimum atomic E-state index is 0.0556. The smallest absolute Gasteiger partial charge is 0.147 e. The second-order valence-electron chi connectivity index (χ2n) is 3.02. The third-order valence-electron chi connectivity index (χ3n) is 1.44. The molecule has 1 heterocycles. The molecule has 0 aromatic heterocycles. The van der Waals surface area contributed by atoms with Crippen molar-refractivity contribution in [2.24, 2.45) is 0 Å². The topological polar surface area (TPSA) is 21.3 Å². The Kier molecular flexibility index (Phi) is 2.71. The van der Waals surface area contributed by atoms with Gasteiger partial charge in [0.1, 0.15) is 6.23 Å². The first-order valence-electron chi connectivity index (χ1n) is 3.95. The van der Waals surface area contributed by atoms with E-state index in [1.807, 2.05) is 26.1 Å². The van der Waals surface area contributed by atoms with Crippen molar-refractivity contribution in [3.05, 3.63) is 23.9 Å². The van der Waals surface area contributed by atoms with Gasteiger partial charge in [-0.25, -0.2) is 0 Å². The maximum absolute atomic E-state index is 5.52. The molecule has 2 nitrogen and oxygen atoms in total. The lowest BCUT2D eigenvalue weighted by molar-refractivity contribution is 0.0233. The number of dihydropyridines is 1. The fraction of sp³-hybridized carbons (Fsp3) is 0.556. The van der Waals surface area contributed by atoms with Crippen molar-refractivity contribution in [2.75, 3.05) is 0 Å². The van der Waals surface area contributed by atoms with E-state index in [1.54, 1.807) is 0 Å². The molecular formula is C9H15NO. The normalized spacial score (nSPS) is 23.3. The highest BCUT2D eigenvalue weighted by Crippen LogP contribution is 2.06. The minimum Gasteiger partial charge on any atom is -0.363 e. The zero-order valence-corrected chi connectivity index (χ0v) is 7.29. The van der Waals surface area contributed by atoms with Gasteiger partial charge in [0, 0.05) is 0 Å². The SMILES string of the molecule is CC1=CC(OC(C)C)NC=C1. The van der Waals surface area contributed by atoms with Crippen LogP contribution in [-0.4, -0.2) is 12.3 Å². The predicted molar refractivity (Wildman–Crippen MR) is 46.0 cm³/mol. The van der Waals surface area contributed by atoms with E-state index in [2.05, 4.69) is 18.3 Å². The van der Waals surface area contributed by atoms with Crippen molar-refractivity contribution in [1.29, 1.82) is 0 Å². The quantitative estimate of drug-likeness (QED) is 0.653. The van der Waals surface area contributed by atoms with Crippen LogP contribution in [0.3, 0.4) is 0 Å². The second-order valence-corrected chi connectivity index (χ2v) is 3.02. The molecule has 1 N–H and O–H groups in total. The van der Waals surface area contributed by atoms with Crippen LogP contribution in [0.1, 0.15) is 20.8 Å². The third-order valence-corrected chi connectivity index (χ3v) is 1.44. The van der Waals surface area contributed by atoms with E-state index in [4.69, 9.17) is 4.74 Å². The molecule has 0 fully saturated rings. The Balaban J connectivity index is 2.44. The van der Waals surface area contributed by atoms with Crippen molar-refractivity contribution < 1.29 is 4.74 Å². The summed E-state index contributed by atoms with van der Waals surface area (Å²) < 4.78 is 5.52. The third kappa shape index (κ3) is 2.76. The highest BCUT2D eigenvalue weighted by Gasteiger charge is 2.07. The molecule has 0 aromatic carbocycles. The van der Waals surface area contributed by atoms with E-state index in [1.165, 1.54) is 5.57 Å². The van der Waals surface area contributed by atoms with Crippen molar-refractivity contribution in [3.63, 3.8) is 0 Å². The Bertz CT molecular complexity index is 182. The van der Waals surface area contributed by atoms with Gasteiger partial charge in [-0.05, 0) is 44.7 Å². The molecule has 0 spiro atoms. The van der Waals surface area contributed by atoms with E-state index in [9.17, 15) is 0 Å². The summed E-state index contributed by atoms with van der Waals surface area (Å²) >= 11 is 0. The molecule has 0 amide bonds. The maximum Gasteiger partial charge on any atom is 0.147 e. The maximum atomic E-state index is 5.52. The van der Waals surface area contributed by atoms with Gasteiger partial charge >= 0.3 is 0 Å². The van der Waals surface area contributed by atoms with Crippen LogP contribution in [0.25, 0.3) is 0 Å². The summed E-state index contributed by atoms with van der Waals surface area (Å²) in [5.74, 6) is 0. The minimum absolute atomic E-state index is 0.0556. The van der Waals surface area contributed by atoms with Gasteiger partial charge in [0.2, 0.25) is 0 Å². The fourth-order valence-corrected chi connectivity index (χ4v) is 0.989. The van der Waals surface area contributed by atoms with E-state index in [0.29, 0.717) is 0 Å². The number of hydrogen-bond donors (Lipinski definition) is 1. The number of ether oxygens (including phenoxy) is 1. The summed E-state index contributed by atoms with van der Waals surface area (Å²) in [6, 6.07) is 0. The molecule has 0 saturated carbocycles. The first-order valence-corrected chi connectivity index (χ1v) is 3.95. The molecule has 0 aliphatic carbocycles. The summed E-state index contributed by atoms with van der Waals surface area (Å²) in [5, 5.41) is 3.10. The Hall–Kier alpha value is -0.760. The molecule has 0 aromatic rings. The zero-order valence-electron chi connectivity index (χ0n) is 7.29. The second kappa shape index (κ2) is 3.58. The Morgan fingerprint density at radius 2 is 2.27 bits per heavy atom.